The average Bonchev–Trinajstić information content (AvgIpc) is 3.61. The number of aromatic hydroxyl groups is 1. The molecule has 0 atom stereocenters. The molecule has 0 amide bonds. The van der Waals surface area contributed by atoms with E-state index in [2.05, 4.69) is 79.4 Å². The minimum atomic E-state index is 0.402. The lowest BCUT2D eigenvalue weighted by molar-refractivity contribution is 0.466. The smallest absolute Gasteiger partial charge is 0.119 e. The highest BCUT2D eigenvalue weighted by Gasteiger charge is 2.30. The number of hydrogen-bond acceptors (Lipinski definition) is 3. The van der Waals surface area contributed by atoms with Gasteiger partial charge in [0.15, 0.2) is 0 Å². The van der Waals surface area contributed by atoms with E-state index in [-0.39, 0.29) is 0 Å². The van der Waals surface area contributed by atoms with Crippen LogP contribution in [0.25, 0.3) is 0 Å². The summed E-state index contributed by atoms with van der Waals surface area (Å²) in [5.74, 6) is 1.59. The monoisotopic (exact) mass is 410 g/mol. The molecule has 1 aliphatic heterocycles. The van der Waals surface area contributed by atoms with Gasteiger partial charge in [0.1, 0.15) is 12.4 Å². The molecule has 1 heterocycles. The largest absolute Gasteiger partial charge is 0.508 e. The number of fused-ring (bicyclic) bond motifs is 1. The molecular weight excluding hydrogens is 380 g/mol. The van der Waals surface area contributed by atoms with Gasteiger partial charge in [0.2, 0.25) is 0 Å². The molecule has 0 saturated heterocycles. The Kier molecular flexibility index (Phi) is 5.27. The molecule has 0 bridgehead atoms. The van der Waals surface area contributed by atoms with Crippen LogP contribution in [-0.4, -0.2) is 17.5 Å². The molecule has 5 rings (SSSR count). The number of phenols is 1. The fourth-order valence-corrected chi connectivity index (χ4v) is 4.48. The van der Waals surface area contributed by atoms with Crippen molar-refractivity contribution >= 4 is 11.4 Å². The Morgan fingerprint density at radius 1 is 0.968 bits per heavy atom. The maximum absolute atomic E-state index is 10.8. The minimum absolute atomic E-state index is 0.402. The Labute approximate surface area is 185 Å². The van der Waals surface area contributed by atoms with E-state index in [1.54, 1.807) is 0 Å². The summed E-state index contributed by atoms with van der Waals surface area (Å²) in [6.45, 7) is 5.87. The minimum Gasteiger partial charge on any atom is -0.508 e. The zero-order chi connectivity index (χ0) is 21.4. The summed E-state index contributed by atoms with van der Waals surface area (Å²) in [5.41, 5.74) is 8.10. The third-order valence-electron chi connectivity index (χ3n) is 6.50. The van der Waals surface area contributed by atoms with E-state index < -0.39 is 0 Å². The third kappa shape index (κ3) is 4.10. The fourth-order valence-electron chi connectivity index (χ4n) is 4.48. The first-order chi connectivity index (χ1) is 15.1. The highest BCUT2D eigenvalue weighted by molar-refractivity contribution is 6.18. The molecule has 158 valence electrons. The van der Waals surface area contributed by atoms with E-state index in [1.165, 1.54) is 29.7 Å². The number of nitrogens with zero attached hydrogens (tertiary/aromatic N) is 2. The number of benzene rings is 3. The molecule has 31 heavy (non-hydrogen) atoms. The quantitative estimate of drug-likeness (QED) is 0.519. The molecule has 3 heteroatoms. The summed E-state index contributed by atoms with van der Waals surface area (Å²) in [6, 6.07) is 23.3. The van der Waals surface area contributed by atoms with Gasteiger partial charge in [-0.3, -0.25) is 4.99 Å². The highest BCUT2D eigenvalue weighted by Crippen LogP contribution is 2.41. The van der Waals surface area contributed by atoms with Gasteiger partial charge >= 0.3 is 0 Å². The van der Waals surface area contributed by atoms with Crippen LogP contribution in [0.3, 0.4) is 0 Å². The van der Waals surface area contributed by atoms with Crippen molar-refractivity contribution in [1.82, 2.24) is 0 Å². The van der Waals surface area contributed by atoms with Crippen LogP contribution in [0.15, 0.2) is 71.7 Å². The topological polar surface area (TPSA) is 35.8 Å². The number of phenolic OH excluding ortho intramolecular Hbond substituents is 1. The first kappa shape index (κ1) is 19.9. The van der Waals surface area contributed by atoms with Crippen molar-refractivity contribution in [3.05, 3.63) is 94.5 Å². The van der Waals surface area contributed by atoms with E-state index >= 15 is 0 Å². The molecule has 3 aromatic rings. The summed E-state index contributed by atoms with van der Waals surface area (Å²) in [7, 11) is 0. The number of anilines is 1. The van der Waals surface area contributed by atoms with Gasteiger partial charge < -0.3 is 10.0 Å². The molecule has 1 fully saturated rings. The van der Waals surface area contributed by atoms with Crippen molar-refractivity contribution in [1.29, 1.82) is 0 Å². The van der Waals surface area contributed by atoms with Crippen molar-refractivity contribution in [3.8, 4) is 5.75 Å². The van der Waals surface area contributed by atoms with Gasteiger partial charge in [0.25, 0.3) is 0 Å². The zero-order valence-corrected chi connectivity index (χ0v) is 18.4. The van der Waals surface area contributed by atoms with Crippen LogP contribution in [0.1, 0.15) is 60.4 Å². The predicted molar refractivity (Wildman–Crippen MR) is 128 cm³/mol. The van der Waals surface area contributed by atoms with Crippen LogP contribution in [0.4, 0.5) is 5.69 Å². The van der Waals surface area contributed by atoms with Gasteiger partial charge in [-0.1, -0.05) is 68.4 Å². The summed E-state index contributed by atoms with van der Waals surface area (Å²) in [6.07, 6.45) is 3.44. The molecular formula is C28H30N2O. The molecule has 2 aliphatic rings. The number of rotatable bonds is 6. The lowest BCUT2D eigenvalue weighted by Gasteiger charge is -2.32. The number of aliphatic imine (C=N–C) groups is 1. The van der Waals surface area contributed by atoms with Gasteiger partial charge in [0.05, 0.1) is 5.71 Å². The lowest BCUT2D eigenvalue weighted by atomic mass is 9.89. The molecule has 3 aromatic carbocycles. The molecule has 0 unspecified atom stereocenters. The van der Waals surface area contributed by atoms with E-state index in [4.69, 9.17) is 4.99 Å². The van der Waals surface area contributed by atoms with Crippen LogP contribution < -0.4 is 4.90 Å². The maximum atomic E-state index is 10.8. The molecule has 0 aromatic heterocycles. The standard InChI is InChI=1S/C28H30N2O/c1-19(2)22-10-12-23(13-11-22)28-27-24(16-20-8-9-20)26(31)15-14-25(27)30(18-29-28)17-21-6-4-3-5-7-21/h3-7,10-15,19-20,31H,8-9,16-18H2,1-2H3. The molecule has 1 saturated carbocycles. The fraction of sp³-hybridized carbons (Fsp3) is 0.321. The average molecular weight is 411 g/mol. The normalized spacial score (nSPS) is 15.7. The summed E-state index contributed by atoms with van der Waals surface area (Å²) in [5, 5.41) is 10.8. The SMILES string of the molecule is CC(C)c1ccc(C2=NCN(Cc3ccccc3)c3ccc(O)c(CC4CC4)c32)cc1. The Morgan fingerprint density at radius 3 is 2.39 bits per heavy atom. The predicted octanol–water partition coefficient (Wildman–Crippen LogP) is 6.28. The van der Waals surface area contributed by atoms with Gasteiger partial charge in [-0.2, -0.15) is 0 Å². The zero-order valence-electron chi connectivity index (χ0n) is 18.4. The van der Waals surface area contributed by atoms with Gasteiger partial charge in [-0.25, -0.2) is 0 Å². The van der Waals surface area contributed by atoms with Crippen LogP contribution in [0.2, 0.25) is 0 Å². The van der Waals surface area contributed by atoms with E-state index in [1.807, 2.05) is 6.07 Å². The van der Waals surface area contributed by atoms with Crippen molar-refractivity contribution in [2.24, 2.45) is 10.9 Å². The van der Waals surface area contributed by atoms with Crippen molar-refractivity contribution < 1.29 is 5.11 Å². The van der Waals surface area contributed by atoms with Gasteiger partial charge in [0, 0.05) is 28.9 Å². The highest BCUT2D eigenvalue weighted by atomic mass is 16.3. The van der Waals surface area contributed by atoms with Gasteiger partial charge in [-0.15, -0.1) is 0 Å². The Morgan fingerprint density at radius 2 is 1.71 bits per heavy atom. The van der Waals surface area contributed by atoms with E-state index in [0.717, 1.165) is 35.4 Å². The molecule has 0 radical (unpaired) electrons. The van der Waals surface area contributed by atoms with Crippen LogP contribution in [-0.2, 0) is 13.0 Å². The lowest BCUT2D eigenvalue weighted by Crippen LogP contribution is -2.30. The molecule has 1 N–H and O–H groups in total. The third-order valence-corrected chi connectivity index (χ3v) is 6.50. The summed E-state index contributed by atoms with van der Waals surface area (Å²) >= 11 is 0. The van der Waals surface area contributed by atoms with Gasteiger partial charge in [-0.05, 0) is 54.4 Å². The van der Waals surface area contributed by atoms with Crippen molar-refractivity contribution in [2.45, 2.75) is 45.6 Å². The van der Waals surface area contributed by atoms with Crippen LogP contribution >= 0.6 is 0 Å². The van der Waals surface area contributed by atoms with E-state index in [0.29, 0.717) is 24.3 Å². The molecule has 0 spiro atoms. The summed E-state index contributed by atoms with van der Waals surface area (Å²) < 4.78 is 0. The van der Waals surface area contributed by atoms with Crippen molar-refractivity contribution in [2.75, 3.05) is 11.6 Å². The molecule has 1 aliphatic carbocycles. The Bertz CT molecular complexity index is 1100. The molecule has 3 nitrogen and oxygen atoms in total. The maximum Gasteiger partial charge on any atom is 0.119 e. The summed E-state index contributed by atoms with van der Waals surface area (Å²) in [4.78, 5) is 7.38. The van der Waals surface area contributed by atoms with Crippen LogP contribution in [0.5, 0.6) is 5.75 Å². The second-order valence-corrected chi connectivity index (χ2v) is 9.21. The second kappa shape index (κ2) is 8.22. The first-order valence-electron chi connectivity index (χ1n) is 11.4. The van der Waals surface area contributed by atoms with Crippen LogP contribution in [0, 0.1) is 5.92 Å². The second-order valence-electron chi connectivity index (χ2n) is 9.21. The Balaban J connectivity index is 1.58. The Hall–Kier alpha value is -3.07. The number of hydrogen-bond donors (Lipinski definition) is 1. The van der Waals surface area contributed by atoms with E-state index in [9.17, 15) is 5.11 Å². The van der Waals surface area contributed by atoms with Crippen molar-refractivity contribution in [3.63, 3.8) is 0 Å². The first-order valence-corrected chi connectivity index (χ1v) is 11.4.